The number of carbonyl (C=O) groups excluding carboxylic acids is 8. The van der Waals surface area contributed by atoms with Crippen molar-refractivity contribution < 1.29 is 74.5 Å². The molecule has 4 fully saturated rings. The molecule has 2 aliphatic carbocycles. The SMILES string of the molecule is CC(C)n1c(Cl)nc2ccncc21.CC(C)n1c(O[C@@H]2C[C@H]3C(=O)N[C@]4(C(=O)NS(=O)(=O)N(C)C)C[C@H]4/C=C\CCCCC[C@H](NC(=O)OC(C)(C)C)C(=O)N3C2)nc2ccncc21.CN(C)S(=O)(=O)NC(=O)[C@@]12C[C@H]1/C=C\CCCCC[C@H](NC(=O)OC(C)(C)C)C(=O)N1C[C@H](O)C[C@H]1C(=O)N2. The number of aliphatic hydroxyl groups excluding tert-OH is 1. The fraction of sp³-hybridized carbons (Fsp3) is 0.647. The molecular weight excluding hydrogens is 1400 g/mol. The largest absolute Gasteiger partial charge is 0.459 e. The number of aromatic nitrogens is 6. The lowest BCUT2D eigenvalue weighted by atomic mass is 10.0. The van der Waals surface area contributed by atoms with Crippen LogP contribution in [0.4, 0.5) is 9.59 Å². The van der Waals surface area contributed by atoms with Crippen LogP contribution in [0.1, 0.15) is 171 Å². The Bertz CT molecular complexity index is 4080. The molecule has 0 bridgehead atoms. The van der Waals surface area contributed by atoms with E-state index in [1.807, 2.05) is 52.0 Å². The molecule has 0 aromatic carbocycles. The Balaban J connectivity index is 0.000000227. The van der Waals surface area contributed by atoms with Gasteiger partial charge in [0.25, 0.3) is 17.8 Å². The maximum atomic E-state index is 14.4. The molecule has 10 atom stereocenters. The van der Waals surface area contributed by atoms with Crippen LogP contribution in [0.25, 0.3) is 22.1 Å². The molecule has 4 aromatic rings. The maximum Gasteiger partial charge on any atom is 0.408 e. The smallest absolute Gasteiger partial charge is 0.408 e. The van der Waals surface area contributed by atoms with Crippen molar-refractivity contribution in [3.05, 3.63) is 66.5 Å². The minimum Gasteiger partial charge on any atom is -0.459 e. The summed E-state index contributed by atoms with van der Waals surface area (Å²) >= 11 is 5.99. The van der Waals surface area contributed by atoms with E-state index in [-0.39, 0.29) is 44.8 Å². The topological polar surface area (TPSA) is 399 Å². The zero-order chi connectivity index (χ0) is 75.9. The lowest BCUT2D eigenvalue weighted by Gasteiger charge is -2.30. The van der Waals surface area contributed by atoms with Crippen molar-refractivity contribution in [2.75, 3.05) is 41.3 Å². The number of nitrogens with one attached hydrogen (secondary N) is 6. The number of amides is 8. The summed E-state index contributed by atoms with van der Waals surface area (Å²) in [6, 6.07) is -0.0174. The maximum absolute atomic E-state index is 14.4. The third-order valence-corrected chi connectivity index (χ3v) is 21.4. The van der Waals surface area contributed by atoms with Gasteiger partial charge in [0, 0.05) is 83.9 Å². The van der Waals surface area contributed by atoms with Crippen LogP contribution < -0.4 is 35.4 Å². The number of hydrogen-bond acceptors (Lipinski definition) is 20. The summed E-state index contributed by atoms with van der Waals surface area (Å²) < 4.78 is 76.9. The predicted molar refractivity (Wildman–Crippen MR) is 382 cm³/mol. The highest BCUT2D eigenvalue weighted by atomic mass is 35.5. The first kappa shape index (κ1) is 80.6. The van der Waals surface area contributed by atoms with Gasteiger partial charge in [0.05, 0.1) is 47.1 Å². The standard InChI is InChI=1S/C34H50N8O8S.C25H41N5O8S.C9H10ClN3/c1-21(2)42-27-19-35-16-15-24(27)36-31(42)49-23-17-26-28(43)38-34(30(45)39-51(47,48)40(6)7)18-22(34)13-11-9-8-10-12-14-25(29(44)41(26)20-23)37-32(46)50-33(3,4)5;1-24(2,3)38-23(35)26-18-12-10-8-6-7-9-11-16-14-25(16,22(34)28-39(36,37)29(4)5)27-20(32)19-13-17(31)15-30(19)21(18)33;1-6(2)13-8-5-11-4-3-7(8)12-9(13)10/h11,13,15-16,19,21-23,25-26H,8-10,12,14,17-18,20H2,1-7H3,(H,37,46)(H,38,43)(H,39,45);9,11,16-19,31H,6-8,10,12-15H2,1-5H3,(H,26,35)(H,27,32)(H,28,34);3-6H,1-2H3/b13-11-;11-9-;/t22-,23-,25+,26+,34-;16-,17-,18+,19+,25-;/m11./s1. The molecule has 4 aromatic heterocycles. The van der Waals surface area contributed by atoms with Crippen LogP contribution in [0, 0.1) is 11.8 Å². The summed E-state index contributed by atoms with van der Waals surface area (Å²) in [4.78, 5) is 128. The van der Waals surface area contributed by atoms with Gasteiger partial charge < -0.3 is 55.0 Å². The number of alkyl carbamates (subject to hydrolysis) is 2. The van der Waals surface area contributed by atoms with Gasteiger partial charge in [-0.1, -0.05) is 50.0 Å². The molecule has 103 heavy (non-hydrogen) atoms. The van der Waals surface area contributed by atoms with Crippen LogP contribution in [-0.4, -0.2) is 217 Å². The third kappa shape index (κ3) is 20.3. The number of allylic oxidation sites excluding steroid dienone is 2. The van der Waals surface area contributed by atoms with Gasteiger partial charge in [0.2, 0.25) is 28.9 Å². The summed E-state index contributed by atoms with van der Waals surface area (Å²) in [5.74, 6) is -4.98. The highest BCUT2D eigenvalue weighted by molar-refractivity contribution is 7.88. The summed E-state index contributed by atoms with van der Waals surface area (Å²) in [6.45, 7) is 18.2. The second-order valence-corrected chi connectivity index (χ2v) is 33.9. The van der Waals surface area contributed by atoms with Gasteiger partial charge in [-0.15, -0.1) is 0 Å². The minimum absolute atomic E-state index is 0.0134. The number of carbonyl (C=O) groups is 8. The van der Waals surface area contributed by atoms with Crippen LogP contribution in [0.15, 0.2) is 61.2 Å². The first-order valence-corrected chi connectivity index (χ1v) is 38.1. The molecule has 10 rings (SSSR count). The van der Waals surface area contributed by atoms with Crippen molar-refractivity contribution in [1.29, 1.82) is 0 Å². The summed E-state index contributed by atoms with van der Waals surface area (Å²) in [6.07, 6.45) is 17.8. The summed E-state index contributed by atoms with van der Waals surface area (Å²) in [7, 11) is -3.13. The fourth-order valence-electron chi connectivity index (χ4n) is 12.8. The van der Waals surface area contributed by atoms with Crippen LogP contribution >= 0.6 is 11.6 Å². The van der Waals surface area contributed by atoms with Gasteiger partial charge in [-0.2, -0.15) is 30.4 Å². The molecule has 0 spiro atoms. The van der Waals surface area contributed by atoms with E-state index >= 15 is 0 Å². The quantitative estimate of drug-likeness (QED) is 0.0873. The number of pyridine rings is 2. The van der Waals surface area contributed by atoms with E-state index in [1.54, 1.807) is 78.5 Å². The molecule has 2 saturated heterocycles. The number of hydrogen-bond donors (Lipinski definition) is 7. The molecule has 35 heteroatoms. The van der Waals surface area contributed by atoms with Gasteiger partial charge >= 0.3 is 32.6 Å². The average Bonchev–Trinajstić information content (AvgIpc) is 1.58. The Morgan fingerprint density at radius 3 is 1.50 bits per heavy atom. The normalized spacial score (nSPS) is 26.5. The Morgan fingerprint density at radius 1 is 0.631 bits per heavy atom. The van der Waals surface area contributed by atoms with Crippen molar-refractivity contribution in [1.82, 2.24) is 78.2 Å². The number of nitrogens with zero attached hydrogens (tertiary/aromatic N) is 10. The average molecular weight is 1500 g/mol. The van der Waals surface area contributed by atoms with E-state index in [0.29, 0.717) is 61.4 Å². The molecule has 0 radical (unpaired) electrons. The zero-order valence-electron chi connectivity index (χ0n) is 61.1. The second-order valence-electron chi connectivity index (χ2n) is 29.8. The number of rotatable bonds is 12. The highest BCUT2D eigenvalue weighted by Gasteiger charge is 2.63. The second kappa shape index (κ2) is 33.0. The van der Waals surface area contributed by atoms with E-state index in [0.717, 1.165) is 50.8 Å². The predicted octanol–water partition coefficient (Wildman–Crippen LogP) is 5.40. The Morgan fingerprint density at radius 2 is 1.06 bits per heavy atom. The van der Waals surface area contributed by atoms with E-state index in [9.17, 15) is 60.3 Å². The van der Waals surface area contributed by atoms with Crippen molar-refractivity contribution in [3.63, 3.8) is 0 Å². The van der Waals surface area contributed by atoms with E-state index in [1.165, 1.54) is 38.0 Å². The number of halogens is 1. The summed E-state index contributed by atoms with van der Waals surface area (Å²) in [5.41, 5.74) is -1.31. The van der Waals surface area contributed by atoms with Crippen molar-refractivity contribution in [2.45, 2.75) is 230 Å². The zero-order valence-corrected chi connectivity index (χ0v) is 63.5. The Hall–Kier alpha value is -8.05. The lowest BCUT2D eigenvalue weighted by molar-refractivity contribution is -0.141. The molecule has 0 unspecified atom stereocenters. The van der Waals surface area contributed by atoms with Crippen molar-refractivity contribution in [2.24, 2.45) is 11.8 Å². The van der Waals surface area contributed by atoms with Crippen LogP contribution in [0.3, 0.4) is 0 Å². The minimum atomic E-state index is -4.16. The molecule has 4 aliphatic heterocycles. The van der Waals surface area contributed by atoms with Gasteiger partial charge in [-0.3, -0.25) is 43.3 Å². The molecule has 8 amide bonds. The first-order chi connectivity index (χ1) is 48.2. The van der Waals surface area contributed by atoms with Gasteiger partial charge in [0.15, 0.2) is 0 Å². The van der Waals surface area contributed by atoms with E-state index in [2.05, 4.69) is 59.8 Å². The van der Waals surface area contributed by atoms with Gasteiger partial charge in [-0.05, 0) is 144 Å². The molecule has 8 heterocycles. The van der Waals surface area contributed by atoms with Gasteiger partial charge in [0.1, 0.15) is 52.6 Å². The number of fused-ring (bicyclic) bond motifs is 6. The van der Waals surface area contributed by atoms with Crippen molar-refractivity contribution in [3.8, 4) is 6.01 Å². The number of ether oxygens (including phenoxy) is 3. The first-order valence-electron chi connectivity index (χ1n) is 34.9. The number of aliphatic hydroxyl groups is 1. The van der Waals surface area contributed by atoms with Gasteiger partial charge in [-0.25, -0.2) is 24.0 Å². The van der Waals surface area contributed by atoms with E-state index in [4.69, 9.17) is 25.8 Å². The Labute approximate surface area is 606 Å². The van der Waals surface area contributed by atoms with Crippen LogP contribution in [0.2, 0.25) is 5.28 Å². The molecule has 7 N–H and O–H groups in total. The van der Waals surface area contributed by atoms with Crippen molar-refractivity contribution >= 4 is 102 Å². The fourth-order valence-corrected chi connectivity index (χ4v) is 14.4. The summed E-state index contributed by atoms with van der Waals surface area (Å²) in [5, 5.41) is 21.8. The Kier molecular flexibility index (Phi) is 25.8. The molecule has 568 valence electrons. The molecular formula is C68H101ClN16O16S2. The molecule has 2 saturated carbocycles. The highest BCUT2D eigenvalue weighted by Crippen LogP contribution is 2.47. The monoisotopic (exact) mass is 1500 g/mol. The molecule has 6 aliphatic rings. The van der Waals surface area contributed by atoms with E-state index < -0.39 is 139 Å². The molecule has 32 nitrogen and oxygen atoms in total. The van der Waals surface area contributed by atoms with Crippen LogP contribution in [0.5, 0.6) is 6.01 Å². The number of imidazole rings is 2. The van der Waals surface area contributed by atoms with Crippen LogP contribution in [-0.2, 0) is 58.7 Å². The lowest BCUT2D eigenvalue weighted by Crippen LogP contribution is -2.58. The third-order valence-electron chi connectivity index (χ3n) is 18.3.